The first-order chi connectivity index (χ1) is 13.2. The molecule has 2 heterocycles. The van der Waals surface area contributed by atoms with E-state index in [0.29, 0.717) is 18.4 Å². The number of piperidine rings is 2. The van der Waals surface area contributed by atoms with Crippen LogP contribution in [0.4, 0.5) is 0 Å². The number of fused-ring (bicyclic) bond motifs is 2. The summed E-state index contributed by atoms with van der Waals surface area (Å²) < 4.78 is 0. The number of carbonyl (C=O) groups excluding carboxylic acids is 1. The second kappa shape index (κ2) is 10.2. The highest BCUT2D eigenvalue weighted by molar-refractivity contribution is 5.75. The third-order valence-corrected chi connectivity index (χ3v) is 6.31. The summed E-state index contributed by atoms with van der Waals surface area (Å²) in [6.45, 7) is 7.68. The van der Waals surface area contributed by atoms with E-state index in [1.165, 1.54) is 25.1 Å². The van der Waals surface area contributed by atoms with Crippen molar-refractivity contribution in [2.24, 2.45) is 11.8 Å². The molecule has 4 nitrogen and oxygen atoms in total. The molecule has 2 bridgehead atoms. The van der Waals surface area contributed by atoms with E-state index in [4.69, 9.17) is 0 Å². The van der Waals surface area contributed by atoms with Crippen LogP contribution in [0.5, 0.6) is 0 Å². The van der Waals surface area contributed by atoms with E-state index in [2.05, 4.69) is 47.5 Å². The van der Waals surface area contributed by atoms with Gasteiger partial charge in [-0.05, 0) is 49.6 Å². The molecule has 2 fully saturated rings. The summed E-state index contributed by atoms with van der Waals surface area (Å²) in [7, 11) is 1.95. The van der Waals surface area contributed by atoms with E-state index >= 15 is 0 Å². The summed E-state index contributed by atoms with van der Waals surface area (Å²) >= 11 is 0. The lowest BCUT2D eigenvalue weighted by atomic mass is 9.79. The predicted octanol–water partition coefficient (Wildman–Crippen LogP) is 3.53. The summed E-state index contributed by atoms with van der Waals surface area (Å²) in [6.07, 6.45) is 6.44. The zero-order valence-corrected chi connectivity index (χ0v) is 17.2. The maximum atomic E-state index is 12.3. The number of likely N-dealkylation sites (tertiary alicyclic amines) is 1. The summed E-state index contributed by atoms with van der Waals surface area (Å²) in [4.78, 5) is 16.8. The van der Waals surface area contributed by atoms with E-state index in [0.717, 1.165) is 57.2 Å². The van der Waals surface area contributed by atoms with Crippen LogP contribution in [-0.4, -0.2) is 55.0 Å². The molecule has 1 aromatic rings. The second-order valence-corrected chi connectivity index (χ2v) is 8.62. The topological polar surface area (TPSA) is 35.6 Å². The van der Waals surface area contributed by atoms with Gasteiger partial charge in [0.15, 0.2) is 0 Å². The standard InChI is InChI=1S/C23H37N3O/c1-3-4-13-25(2)23(27)12-8-11-22-21-14-20(15-24-22)17-26(18-21)16-19-9-6-5-7-10-19/h5-7,9-10,20-22,24H,3-4,8,11-18H2,1-2H3/t20?,21?,22-/m1/s1. The van der Waals surface area contributed by atoms with Crippen LogP contribution in [-0.2, 0) is 11.3 Å². The Kier molecular flexibility index (Phi) is 7.71. The number of unbranched alkanes of at least 4 members (excludes halogenated alkanes) is 1. The van der Waals surface area contributed by atoms with Crippen molar-refractivity contribution in [3.05, 3.63) is 35.9 Å². The lowest BCUT2D eigenvalue weighted by Gasteiger charge is -2.46. The Morgan fingerprint density at radius 1 is 1.22 bits per heavy atom. The van der Waals surface area contributed by atoms with E-state index < -0.39 is 0 Å². The SMILES string of the molecule is CCCCN(C)C(=O)CCC[C@H]1NCC2CC1CN(Cc1ccccc1)C2. The van der Waals surface area contributed by atoms with Gasteiger partial charge in [-0.25, -0.2) is 0 Å². The van der Waals surface area contributed by atoms with Crippen molar-refractivity contribution in [2.45, 2.75) is 58.0 Å². The van der Waals surface area contributed by atoms with Crippen LogP contribution in [0.15, 0.2) is 30.3 Å². The van der Waals surface area contributed by atoms with Gasteiger partial charge in [0.1, 0.15) is 0 Å². The Balaban J connectivity index is 1.43. The van der Waals surface area contributed by atoms with Crippen LogP contribution in [0.25, 0.3) is 0 Å². The first-order valence-electron chi connectivity index (χ1n) is 10.9. The summed E-state index contributed by atoms with van der Waals surface area (Å²) in [5.41, 5.74) is 1.42. The molecule has 27 heavy (non-hydrogen) atoms. The number of benzene rings is 1. The van der Waals surface area contributed by atoms with Gasteiger partial charge in [-0.15, -0.1) is 0 Å². The van der Waals surface area contributed by atoms with Gasteiger partial charge in [-0.2, -0.15) is 0 Å². The molecule has 1 aromatic carbocycles. The van der Waals surface area contributed by atoms with Gasteiger partial charge < -0.3 is 10.2 Å². The van der Waals surface area contributed by atoms with Crippen LogP contribution < -0.4 is 5.32 Å². The fourth-order valence-corrected chi connectivity index (χ4v) is 4.77. The molecular formula is C23H37N3O. The number of nitrogens with zero attached hydrogens (tertiary/aromatic N) is 2. The van der Waals surface area contributed by atoms with E-state index in [1.807, 2.05) is 11.9 Å². The molecule has 150 valence electrons. The molecule has 4 heteroatoms. The average molecular weight is 372 g/mol. The summed E-state index contributed by atoms with van der Waals surface area (Å²) in [6, 6.07) is 11.4. The Morgan fingerprint density at radius 3 is 2.81 bits per heavy atom. The van der Waals surface area contributed by atoms with Gasteiger partial charge in [0.2, 0.25) is 5.91 Å². The fraction of sp³-hybridized carbons (Fsp3) is 0.696. The van der Waals surface area contributed by atoms with Crippen molar-refractivity contribution in [1.82, 2.24) is 15.1 Å². The van der Waals surface area contributed by atoms with Gasteiger partial charge >= 0.3 is 0 Å². The van der Waals surface area contributed by atoms with Gasteiger partial charge in [-0.3, -0.25) is 9.69 Å². The number of nitrogens with one attached hydrogen (secondary N) is 1. The third-order valence-electron chi connectivity index (χ3n) is 6.31. The molecule has 3 rings (SSSR count). The molecule has 2 saturated heterocycles. The maximum absolute atomic E-state index is 12.3. The van der Waals surface area contributed by atoms with Crippen molar-refractivity contribution < 1.29 is 4.79 Å². The Morgan fingerprint density at radius 2 is 2.04 bits per heavy atom. The lowest BCUT2D eigenvalue weighted by molar-refractivity contribution is -0.130. The fourth-order valence-electron chi connectivity index (χ4n) is 4.77. The Hall–Kier alpha value is -1.39. The molecular weight excluding hydrogens is 334 g/mol. The minimum absolute atomic E-state index is 0.312. The molecule has 0 spiro atoms. The van der Waals surface area contributed by atoms with E-state index in [-0.39, 0.29) is 0 Å². The lowest BCUT2D eigenvalue weighted by Crippen LogP contribution is -2.55. The quantitative estimate of drug-likeness (QED) is 0.721. The van der Waals surface area contributed by atoms with Crippen molar-refractivity contribution in [1.29, 1.82) is 0 Å². The Labute approximate surface area is 165 Å². The second-order valence-electron chi connectivity index (χ2n) is 8.62. The van der Waals surface area contributed by atoms with Gasteiger partial charge in [0.25, 0.3) is 0 Å². The maximum Gasteiger partial charge on any atom is 0.222 e. The molecule has 2 unspecified atom stereocenters. The molecule has 2 aliphatic heterocycles. The molecule has 1 N–H and O–H groups in total. The highest BCUT2D eigenvalue weighted by Gasteiger charge is 2.36. The third kappa shape index (κ3) is 6.05. The Bertz CT molecular complexity index is 576. The smallest absolute Gasteiger partial charge is 0.222 e. The highest BCUT2D eigenvalue weighted by atomic mass is 16.2. The summed E-state index contributed by atoms with van der Waals surface area (Å²) in [5, 5.41) is 3.79. The van der Waals surface area contributed by atoms with Crippen LogP contribution in [0.3, 0.4) is 0 Å². The minimum Gasteiger partial charge on any atom is -0.346 e. The largest absolute Gasteiger partial charge is 0.346 e. The monoisotopic (exact) mass is 371 g/mol. The normalized spacial score (nSPS) is 25.3. The molecule has 2 aliphatic rings. The zero-order valence-electron chi connectivity index (χ0n) is 17.2. The van der Waals surface area contributed by atoms with Crippen molar-refractivity contribution in [3.63, 3.8) is 0 Å². The molecule has 1 amide bonds. The number of amides is 1. The average Bonchev–Trinajstić information content (AvgIpc) is 2.68. The van der Waals surface area contributed by atoms with Crippen LogP contribution in [0.1, 0.15) is 51.0 Å². The van der Waals surface area contributed by atoms with Crippen molar-refractivity contribution in [2.75, 3.05) is 33.2 Å². The minimum atomic E-state index is 0.312. The van der Waals surface area contributed by atoms with Crippen molar-refractivity contribution >= 4 is 5.91 Å². The van der Waals surface area contributed by atoms with Crippen molar-refractivity contribution in [3.8, 4) is 0 Å². The zero-order chi connectivity index (χ0) is 19.1. The van der Waals surface area contributed by atoms with Gasteiger partial charge in [0.05, 0.1) is 0 Å². The van der Waals surface area contributed by atoms with E-state index in [9.17, 15) is 4.79 Å². The first-order valence-corrected chi connectivity index (χ1v) is 10.9. The van der Waals surface area contributed by atoms with Crippen LogP contribution >= 0.6 is 0 Å². The molecule has 0 radical (unpaired) electrons. The van der Waals surface area contributed by atoms with E-state index in [1.54, 1.807) is 0 Å². The first kappa shape index (κ1) is 20.3. The van der Waals surface area contributed by atoms with Crippen LogP contribution in [0.2, 0.25) is 0 Å². The molecule has 0 aliphatic carbocycles. The summed E-state index contributed by atoms with van der Waals surface area (Å²) in [5.74, 6) is 1.83. The van der Waals surface area contributed by atoms with Gasteiger partial charge in [-0.1, -0.05) is 43.7 Å². The molecule has 0 aromatic heterocycles. The number of carbonyl (C=O) groups is 1. The molecule has 3 atom stereocenters. The van der Waals surface area contributed by atoms with Crippen LogP contribution in [0, 0.1) is 11.8 Å². The molecule has 0 saturated carbocycles. The predicted molar refractivity (Wildman–Crippen MR) is 112 cm³/mol. The van der Waals surface area contributed by atoms with Gasteiger partial charge in [0, 0.05) is 45.7 Å². The highest BCUT2D eigenvalue weighted by Crippen LogP contribution is 2.31. The number of hydrogen-bond acceptors (Lipinski definition) is 3. The number of rotatable bonds is 9. The number of hydrogen-bond donors (Lipinski definition) is 1.